The molecule has 0 aromatic rings. The standard InChI is InChI=1S/C17H29BN2S/c1-3-14(10-13(2)11-18)8-9-17(19)20-16-7-5-4-6-15(16)12-21/h3,8-9,13,21H,4-7,10-12,18H2,1-2H3,(H2,19,20)/b9-8-,14-3+. The first-order valence-electron chi connectivity index (χ1n) is 8.11. The summed E-state index contributed by atoms with van der Waals surface area (Å²) in [5.74, 6) is 1.97. The molecule has 0 saturated heterocycles. The lowest BCUT2D eigenvalue weighted by atomic mass is 9.87. The molecule has 1 aliphatic rings. The van der Waals surface area contributed by atoms with Gasteiger partial charge in [0.1, 0.15) is 13.7 Å². The van der Waals surface area contributed by atoms with E-state index in [1.54, 1.807) is 0 Å². The Morgan fingerprint density at radius 2 is 2.10 bits per heavy atom. The fraction of sp³-hybridized carbons (Fsp3) is 0.588. The van der Waals surface area contributed by atoms with Crippen LogP contribution in [0, 0.1) is 11.3 Å². The van der Waals surface area contributed by atoms with Crippen LogP contribution < -0.4 is 5.32 Å². The summed E-state index contributed by atoms with van der Waals surface area (Å²) in [6.45, 7) is 4.34. The molecule has 116 valence electrons. The van der Waals surface area contributed by atoms with Gasteiger partial charge in [0.15, 0.2) is 0 Å². The lowest BCUT2D eigenvalue weighted by molar-refractivity contribution is 0.648. The average molecular weight is 304 g/mol. The molecule has 0 heterocycles. The SMILES string of the molecule is BCC(C)CC(/C=C\C(=N)NC1=C(CS)CCCC1)=C/C. The Kier molecular flexibility index (Phi) is 8.59. The molecule has 0 amide bonds. The number of allylic oxidation sites excluding steroid dienone is 4. The minimum Gasteiger partial charge on any atom is -0.344 e. The Morgan fingerprint density at radius 3 is 2.71 bits per heavy atom. The number of nitrogens with one attached hydrogen (secondary N) is 2. The maximum atomic E-state index is 8.10. The summed E-state index contributed by atoms with van der Waals surface area (Å²) in [5.41, 5.74) is 3.89. The Morgan fingerprint density at radius 1 is 1.38 bits per heavy atom. The van der Waals surface area contributed by atoms with Crippen LogP contribution in [0.5, 0.6) is 0 Å². The highest BCUT2D eigenvalue weighted by Gasteiger charge is 2.11. The number of hydrogen-bond acceptors (Lipinski definition) is 2. The smallest absolute Gasteiger partial charge is 0.122 e. The summed E-state index contributed by atoms with van der Waals surface area (Å²) in [6, 6.07) is 0. The van der Waals surface area contributed by atoms with Crippen molar-refractivity contribution in [3.8, 4) is 0 Å². The average Bonchev–Trinajstić information content (AvgIpc) is 2.51. The molecule has 1 atom stereocenters. The fourth-order valence-corrected chi connectivity index (χ4v) is 2.87. The van der Waals surface area contributed by atoms with E-state index in [9.17, 15) is 0 Å². The van der Waals surface area contributed by atoms with Gasteiger partial charge in [-0.2, -0.15) is 12.6 Å². The zero-order chi connectivity index (χ0) is 15.7. The number of amidine groups is 1. The van der Waals surface area contributed by atoms with Gasteiger partial charge in [0, 0.05) is 11.4 Å². The maximum Gasteiger partial charge on any atom is 0.122 e. The van der Waals surface area contributed by atoms with Crippen molar-refractivity contribution in [2.45, 2.75) is 52.3 Å². The van der Waals surface area contributed by atoms with Gasteiger partial charge >= 0.3 is 0 Å². The number of thiol groups is 1. The van der Waals surface area contributed by atoms with Crippen LogP contribution in [0.3, 0.4) is 0 Å². The predicted octanol–water partition coefficient (Wildman–Crippen LogP) is 3.89. The van der Waals surface area contributed by atoms with Gasteiger partial charge in [0.2, 0.25) is 0 Å². The molecule has 4 heteroatoms. The topological polar surface area (TPSA) is 35.9 Å². The molecule has 0 radical (unpaired) electrons. The van der Waals surface area contributed by atoms with E-state index in [4.69, 9.17) is 5.41 Å². The van der Waals surface area contributed by atoms with Gasteiger partial charge in [-0.05, 0) is 56.6 Å². The summed E-state index contributed by atoms with van der Waals surface area (Å²) >= 11 is 4.40. The van der Waals surface area contributed by atoms with Crippen LogP contribution in [-0.4, -0.2) is 19.4 Å². The lowest BCUT2D eigenvalue weighted by Gasteiger charge is -2.20. The molecule has 2 N–H and O–H groups in total. The van der Waals surface area contributed by atoms with E-state index in [0.717, 1.165) is 25.0 Å². The summed E-state index contributed by atoms with van der Waals surface area (Å²) < 4.78 is 0. The largest absolute Gasteiger partial charge is 0.344 e. The molecule has 0 bridgehead atoms. The first-order valence-corrected chi connectivity index (χ1v) is 8.74. The predicted molar refractivity (Wildman–Crippen MR) is 100 cm³/mol. The molecule has 2 nitrogen and oxygen atoms in total. The molecule has 21 heavy (non-hydrogen) atoms. The van der Waals surface area contributed by atoms with Crippen LogP contribution in [0.1, 0.15) is 46.0 Å². The third-order valence-corrected chi connectivity index (χ3v) is 4.56. The fourth-order valence-electron chi connectivity index (χ4n) is 2.52. The summed E-state index contributed by atoms with van der Waals surface area (Å²) in [4.78, 5) is 0. The zero-order valence-corrected chi connectivity index (χ0v) is 14.6. The van der Waals surface area contributed by atoms with Crippen molar-refractivity contribution >= 4 is 26.3 Å². The first-order chi connectivity index (χ1) is 10.1. The third kappa shape index (κ3) is 6.60. The van der Waals surface area contributed by atoms with E-state index in [2.05, 4.69) is 51.8 Å². The van der Waals surface area contributed by atoms with E-state index in [0.29, 0.717) is 11.8 Å². The molecule has 0 aliphatic heterocycles. The van der Waals surface area contributed by atoms with Crippen LogP contribution in [0.4, 0.5) is 0 Å². The van der Waals surface area contributed by atoms with Gasteiger partial charge in [-0.15, -0.1) is 0 Å². The van der Waals surface area contributed by atoms with Gasteiger partial charge in [0.25, 0.3) is 0 Å². The van der Waals surface area contributed by atoms with Gasteiger partial charge in [-0.3, -0.25) is 5.41 Å². The van der Waals surface area contributed by atoms with Crippen LogP contribution in [0.15, 0.2) is 35.1 Å². The molecule has 1 unspecified atom stereocenters. The zero-order valence-electron chi connectivity index (χ0n) is 13.7. The van der Waals surface area contributed by atoms with Crippen LogP contribution in [0.25, 0.3) is 0 Å². The van der Waals surface area contributed by atoms with E-state index in [-0.39, 0.29) is 0 Å². The summed E-state index contributed by atoms with van der Waals surface area (Å²) in [5, 5.41) is 11.4. The quantitative estimate of drug-likeness (QED) is 0.215. The molecule has 1 rings (SSSR count). The summed E-state index contributed by atoms with van der Waals surface area (Å²) in [7, 11) is 2.22. The number of hydrogen-bond donors (Lipinski definition) is 3. The van der Waals surface area contributed by atoms with E-state index < -0.39 is 0 Å². The highest BCUT2D eigenvalue weighted by molar-refractivity contribution is 7.80. The van der Waals surface area contributed by atoms with E-state index >= 15 is 0 Å². The van der Waals surface area contributed by atoms with Gasteiger partial charge in [-0.1, -0.05) is 31.0 Å². The molecule has 1 aliphatic carbocycles. The normalized spacial score (nSPS) is 18.1. The van der Waals surface area contributed by atoms with Crippen molar-refractivity contribution in [1.82, 2.24) is 5.32 Å². The van der Waals surface area contributed by atoms with E-state index in [1.165, 1.54) is 36.0 Å². The first kappa shape index (κ1) is 18.2. The molecule has 0 fully saturated rings. The van der Waals surface area contributed by atoms with Gasteiger partial charge in [-0.25, -0.2) is 0 Å². The maximum absolute atomic E-state index is 8.10. The second-order valence-corrected chi connectivity index (χ2v) is 6.22. The minimum absolute atomic E-state index is 0.481. The molecule has 0 spiro atoms. The van der Waals surface area contributed by atoms with E-state index in [1.807, 2.05) is 6.08 Å². The Hall–Kier alpha value is -0.895. The minimum atomic E-state index is 0.481. The Labute approximate surface area is 136 Å². The van der Waals surface area contributed by atoms with Crippen molar-refractivity contribution in [3.05, 3.63) is 35.1 Å². The van der Waals surface area contributed by atoms with Gasteiger partial charge < -0.3 is 5.32 Å². The van der Waals surface area contributed by atoms with Crippen molar-refractivity contribution < 1.29 is 0 Å². The van der Waals surface area contributed by atoms with Crippen molar-refractivity contribution in [2.24, 2.45) is 5.92 Å². The molecule has 0 aromatic heterocycles. The third-order valence-electron chi connectivity index (χ3n) is 4.17. The molecule has 0 saturated carbocycles. The van der Waals surface area contributed by atoms with Crippen LogP contribution in [-0.2, 0) is 0 Å². The van der Waals surface area contributed by atoms with Crippen molar-refractivity contribution in [2.75, 3.05) is 5.75 Å². The molecular weight excluding hydrogens is 275 g/mol. The second-order valence-electron chi connectivity index (χ2n) is 5.90. The Bertz CT molecular complexity index is 438. The summed E-state index contributed by atoms with van der Waals surface area (Å²) in [6.07, 6.45) is 13.0. The monoisotopic (exact) mass is 304 g/mol. The van der Waals surface area contributed by atoms with Crippen molar-refractivity contribution in [3.63, 3.8) is 0 Å². The lowest BCUT2D eigenvalue weighted by Crippen LogP contribution is -2.23. The number of rotatable bonds is 7. The highest BCUT2D eigenvalue weighted by Crippen LogP contribution is 2.23. The highest BCUT2D eigenvalue weighted by atomic mass is 32.1. The van der Waals surface area contributed by atoms with Crippen molar-refractivity contribution in [1.29, 1.82) is 5.41 Å². The van der Waals surface area contributed by atoms with Crippen LogP contribution in [0.2, 0.25) is 6.32 Å². The molecular formula is C17H29BN2S. The Balaban J connectivity index is 2.59. The van der Waals surface area contributed by atoms with Crippen LogP contribution >= 0.6 is 12.6 Å². The second kappa shape index (κ2) is 9.94. The molecule has 0 aromatic carbocycles. The van der Waals surface area contributed by atoms with Gasteiger partial charge in [0.05, 0.1) is 0 Å².